The molecule has 10 nitrogen and oxygen atoms in total. The van der Waals surface area contributed by atoms with Crippen LogP contribution in [0.2, 0.25) is 0 Å². The molecule has 1 heterocycles. The maximum Gasteiger partial charge on any atom is 0.416 e. The first-order chi connectivity index (χ1) is 23.6. The number of hydrazine groups is 1. The molecule has 3 N–H and O–H groups in total. The minimum atomic E-state index is -5.05. The molecule has 16 heteroatoms. The number of nitrogens with zero attached hydrogens (tertiary/aromatic N) is 1. The fraction of sp³-hybridized carbons (Fsp3) is 0.382. The highest BCUT2D eigenvalue weighted by molar-refractivity contribution is 5.82. The van der Waals surface area contributed by atoms with Gasteiger partial charge in [-0.1, -0.05) is 60.7 Å². The minimum absolute atomic E-state index is 0.0413. The van der Waals surface area contributed by atoms with Crippen LogP contribution in [0.3, 0.4) is 0 Å². The van der Waals surface area contributed by atoms with E-state index >= 15 is 0 Å². The van der Waals surface area contributed by atoms with E-state index in [1.54, 1.807) is 60.7 Å². The van der Waals surface area contributed by atoms with E-state index in [0.29, 0.717) is 23.3 Å². The molecule has 0 aromatic heterocycles. The van der Waals surface area contributed by atoms with E-state index in [1.165, 1.54) is 18.9 Å². The van der Waals surface area contributed by atoms with Crippen molar-refractivity contribution in [1.82, 2.24) is 21.1 Å². The van der Waals surface area contributed by atoms with Gasteiger partial charge >= 0.3 is 24.5 Å². The van der Waals surface area contributed by atoms with Crippen LogP contribution in [0.1, 0.15) is 53.7 Å². The molecule has 1 aliphatic heterocycles. The molecule has 3 atom stereocenters. The zero-order valence-corrected chi connectivity index (χ0v) is 27.1. The monoisotopic (exact) mass is 710 g/mol. The van der Waals surface area contributed by atoms with Gasteiger partial charge in [0, 0.05) is 19.7 Å². The highest BCUT2D eigenvalue weighted by Gasteiger charge is 2.47. The molecular weight excluding hydrogens is 674 g/mol. The smallest absolute Gasteiger partial charge is 0.416 e. The Morgan fingerprint density at radius 2 is 1.50 bits per heavy atom. The van der Waals surface area contributed by atoms with E-state index in [-0.39, 0.29) is 50.8 Å². The number of urea groups is 1. The second-order valence-electron chi connectivity index (χ2n) is 11.7. The summed E-state index contributed by atoms with van der Waals surface area (Å²) in [5, 5.41) is 2.69. The summed E-state index contributed by atoms with van der Waals surface area (Å²) >= 11 is 0. The Hall–Kier alpha value is -4.83. The third kappa shape index (κ3) is 9.88. The minimum Gasteiger partial charge on any atom is -0.445 e. The van der Waals surface area contributed by atoms with Crippen molar-refractivity contribution in [3.8, 4) is 0 Å². The Labute approximate surface area is 284 Å². The summed E-state index contributed by atoms with van der Waals surface area (Å²) in [6.07, 6.45) is -11.8. The molecule has 1 unspecified atom stereocenters. The first-order valence-corrected chi connectivity index (χ1v) is 15.4. The molecule has 1 aliphatic rings. The number of carbonyl (C=O) groups is 3. The van der Waals surface area contributed by atoms with Crippen LogP contribution < -0.4 is 16.2 Å². The van der Waals surface area contributed by atoms with E-state index < -0.39 is 59.2 Å². The predicted octanol–water partition coefficient (Wildman–Crippen LogP) is 6.48. The number of nitrogens with one attached hydrogen (secondary N) is 3. The lowest BCUT2D eigenvalue weighted by Gasteiger charge is -2.49. The summed E-state index contributed by atoms with van der Waals surface area (Å²) in [6, 6.07) is 17.2. The van der Waals surface area contributed by atoms with Gasteiger partial charge in [-0.2, -0.15) is 26.3 Å². The van der Waals surface area contributed by atoms with Crippen LogP contribution in [0.4, 0.5) is 35.9 Å². The number of alkyl halides is 6. The molecule has 0 spiro atoms. The average molecular weight is 711 g/mol. The lowest BCUT2D eigenvalue weighted by Crippen LogP contribution is -2.62. The molecule has 50 heavy (non-hydrogen) atoms. The maximum atomic E-state index is 13.9. The zero-order chi connectivity index (χ0) is 36.5. The number of methoxy groups -OCH3 is 1. The summed E-state index contributed by atoms with van der Waals surface area (Å²) in [4.78, 5) is 39.6. The van der Waals surface area contributed by atoms with Gasteiger partial charge in [0.1, 0.15) is 13.2 Å². The van der Waals surface area contributed by atoms with Gasteiger partial charge in [0.25, 0.3) is 5.91 Å². The number of amides is 4. The van der Waals surface area contributed by atoms with Crippen molar-refractivity contribution in [2.75, 3.05) is 26.9 Å². The van der Waals surface area contributed by atoms with Gasteiger partial charge in [-0.25, -0.2) is 15.0 Å². The van der Waals surface area contributed by atoms with Crippen LogP contribution in [-0.2, 0) is 43.5 Å². The number of likely N-dealkylation sites (tertiary alicyclic amines) is 1. The molecule has 270 valence electrons. The van der Waals surface area contributed by atoms with Gasteiger partial charge in [0.05, 0.1) is 29.4 Å². The highest BCUT2D eigenvalue weighted by Crippen LogP contribution is 2.42. The number of hydrogen-bond donors (Lipinski definition) is 3. The van der Waals surface area contributed by atoms with Crippen molar-refractivity contribution in [3.05, 3.63) is 107 Å². The molecule has 1 saturated heterocycles. The first kappa shape index (κ1) is 38.0. The Morgan fingerprint density at radius 3 is 2.08 bits per heavy atom. The average Bonchev–Trinajstić information content (AvgIpc) is 3.09. The predicted molar refractivity (Wildman–Crippen MR) is 167 cm³/mol. The van der Waals surface area contributed by atoms with Gasteiger partial charge in [-0.15, -0.1) is 0 Å². The Bertz CT molecular complexity index is 1580. The van der Waals surface area contributed by atoms with Crippen molar-refractivity contribution >= 4 is 18.0 Å². The van der Waals surface area contributed by atoms with Crippen molar-refractivity contribution in [2.24, 2.45) is 0 Å². The lowest BCUT2D eigenvalue weighted by molar-refractivity contribution is -0.143. The Balaban J connectivity index is 1.65. The van der Waals surface area contributed by atoms with E-state index in [2.05, 4.69) is 16.2 Å². The molecular formula is C34H36F6N4O6. The quantitative estimate of drug-likeness (QED) is 0.164. The van der Waals surface area contributed by atoms with Crippen molar-refractivity contribution < 1.29 is 54.9 Å². The molecule has 0 bridgehead atoms. The van der Waals surface area contributed by atoms with Crippen LogP contribution in [0.15, 0.2) is 78.9 Å². The van der Waals surface area contributed by atoms with Crippen LogP contribution in [0, 0.1) is 0 Å². The Kier molecular flexibility index (Phi) is 12.3. The third-order valence-corrected chi connectivity index (χ3v) is 8.14. The molecule has 0 saturated carbocycles. The summed E-state index contributed by atoms with van der Waals surface area (Å²) in [5.41, 5.74) is 0.939. The van der Waals surface area contributed by atoms with E-state index in [9.17, 15) is 40.7 Å². The molecule has 0 aliphatic carbocycles. The van der Waals surface area contributed by atoms with E-state index in [1.807, 2.05) is 0 Å². The molecule has 3 aromatic rings. The van der Waals surface area contributed by atoms with Gasteiger partial charge < -0.3 is 19.5 Å². The number of hydrogen-bond acceptors (Lipinski definition) is 6. The maximum absolute atomic E-state index is 13.9. The number of carbonyl (C=O) groups excluding carboxylic acids is 3. The summed E-state index contributed by atoms with van der Waals surface area (Å²) in [6.45, 7) is 0.402. The third-order valence-electron chi connectivity index (χ3n) is 8.14. The highest BCUT2D eigenvalue weighted by atomic mass is 19.4. The fourth-order valence-corrected chi connectivity index (χ4v) is 5.57. The summed E-state index contributed by atoms with van der Waals surface area (Å²) < 4.78 is 98.1. The number of benzene rings is 3. The molecule has 1 fully saturated rings. The fourth-order valence-electron chi connectivity index (χ4n) is 5.57. The SMILES string of the molecule is COCC(=O)NNC(=O)NC1CC[C@@](CO[C@H](C)c2cc(C(F)(F)F)cc(C(F)(F)F)c2)(c2ccccc2)N(C(=O)OCc2ccccc2)C1. The van der Waals surface area contributed by atoms with Gasteiger partial charge in [0.2, 0.25) is 0 Å². The topological polar surface area (TPSA) is 118 Å². The van der Waals surface area contributed by atoms with Crippen LogP contribution in [0.5, 0.6) is 0 Å². The van der Waals surface area contributed by atoms with Crippen molar-refractivity contribution in [1.29, 1.82) is 0 Å². The van der Waals surface area contributed by atoms with Crippen molar-refractivity contribution in [3.63, 3.8) is 0 Å². The molecule has 3 aromatic carbocycles. The van der Waals surface area contributed by atoms with E-state index in [4.69, 9.17) is 14.2 Å². The summed E-state index contributed by atoms with van der Waals surface area (Å²) in [5.74, 6) is -0.616. The standard InChI is InChI=1S/C34H36F6N4O6/c1-22(24-15-26(33(35,36)37)17-27(16-24)34(38,39)40)50-21-32(25-11-7-4-8-12-25)14-13-28(41-30(46)43-42-29(45)20-48-2)18-44(32)31(47)49-19-23-9-5-3-6-10-23/h3-12,15-17,22,28H,13-14,18-21H2,1-2H3,(H,42,45)(H2,41,43,46)/t22-,28?,32-/m1/s1. The lowest BCUT2D eigenvalue weighted by atomic mass is 9.79. The molecule has 4 amide bonds. The van der Waals surface area contributed by atoms with Crippen LogP contribution >= 0.6 is 0 Å². The zero-order valence-electron chi connectivity index (χ0n) is 27.1. The normalized spacial score (nSPS) is 18.6. The molecule has 4 rings (SSSR count). The number of rotatable bonds is 10. The first-order valence-electron chi connectivity index (χ1n) is 15.4. The van der Waals surface area contributed by atoms with Gasteiger partial charge in [-0.3, -0.25) is 15.1 Å². The Morgan fingerprint density at radius 1 is 0.900 bits per heavy atom. The van der Waals surface area contributed by atoms with Gasteiger partial charge in [0.15, 0.2) is 0 Å². The number of halogens is 6. The number of piperidine rings is 1. The van der Waals surface area contributed by atoms with Crippen molar-refractivity contribution in [2.45, 2.75) is 56.4 Å². The number of ether oxygens (including phenoxy) is 3. The second kappa shape index (κ2) is 16.3. The van der Waals surface area contributed by atoms with E-state index in [0.717, 1.165) is 0 Å². The largest absolute Gasteiger partial charge is 0.445 e. The summed E-state index contributed by atoms with van der Waals surface area (Å²) in [7, 11) is 1.30. The van der Waals surface area contributed by atoms with Gasteiger partial charge in [-0.05, 0) is 54.7 Å². The second-order valence-corrected chi connectivity index (χ2v) is 11.7. The molecule has 0 radical (unpaired) electrons. The van der Waals surface area contributed by atoms with Crippen LogP contribution in [0.25, 0.3) is 0 Å². The van der Waals surface area contributed by atoms with Crippen LogP contribution in [-0.4, -0.2) is 55.8 Å².